The van der Waals surface area contributed by atoms with Crippen molar-refractivity contribution in [1.29, 1.82) is 0 Å². The lowest BCUT2D eigenvalue weighted by Gasteiger charge is -2.45. The Labute approximate surface area is 124 Å². The molecule has 20 heavy (non-hydrogen) atoms. The van der Waals surface area contributed by atoms with Gasteiger partial charge in [-0.1, -0.05) is 50.6 Å². The zero-order valence-corrected chi connectivity index (χ0v) is 13.7. The van der Waals surface area contributed by atoms with Gasteiger partial charge >= 0.3 is 0 Å². The molecule has 2 atom stereocenters. The smallest absolute Gasteiger partial charge is 0.0432 e. The number of likely N-dealkylation sites (N-methyl/N-ethyl adjacent to an activating group) is 1. The molecule has 0 aliphatic heterocycles. The van der Waals surface area contributed by atoms with Crippen LogP contribution in [0.5, 0.6) is 0 Å². The maximum Gasteiger partial charge on any atom is 0.0432 e. The third kappa shape index (κ3) is 3.81. The molecule has 0 fully saturated rings. The number of rotatable bonds is 8. The molecular formula is C17H31N3. The quantitative estimate of drug-likeness (QED) is 0.567. The Morgan fingerprint density at radius 1 is 1.25 bits per heavy atom. The highest BCUT2D eigenvalue weighted by Crippen LogP contribution is 2.26. The average molecular weight is 277 g/mol. The van der Waals surface area contributed by atoms with Gasteiger partial charge in [0.25, 0.3) is 0 Å². The minimum absolute atomic E-state index is 0.0714. The first-order chi connectivity index (χ1) is 9.51. The SMILES string of the molecule is CCN(CC)C(C)(CC)C(Cc1cccc(C)c1)NN. The molecule has 0 saturated carbocycles. The van der Waals surface area contributed by atoms with Crippen LogP contribution < -0.4 is 11.3 Å². The molecule has 3 N–H and O–H groups in total. The van der Waals surface area contributed by atoms with Crippen molar-refractivity contribution in [2.45, 2.75) is 59.0 Å². The number of hydrogen-bond acceptors (Lipinski definition) is 3. The molecule has 1 aromatic rings. The summed E-state index contributed by atoms with van der Waals surface area (Å²) in [6.45, 7) is 13.2. The van der Waals surface area contributed by atoms with Crippen LogP contribution in [0.15, 0.2) is 24.3 Å². The van der Waals surface area contributed by atoms with Gasteiger partial charge in [0.15, 0.2) is 0 Å². The second-order valence-electron chi connectivity index (χ2n) is 5.80. The first-order valence-electron chi connectivity index (χ1n) is 7.78. The molecule has 1 aromatic carbocycles. The highest BCUT2D eigenvalue weighted by atomic mass is 15.3. The standard InChI is InChI=1S/C17H31N3/c1-6-17(5,20(7-2)8-3)16(19-18)13-15-11-9-10-14(4)12-15/h9-12,16,19H,6-8,13,18H2,1-5H3. The van der Waals surface area contributed by atoms with E-state index < -0.39 is 0 Å². The summed E-state index contributed by atoms with van der Waals surface area (Å²) in [5.41, 5.74) is 5.79. The van der Waals surface area contributed by atoms with E-state index in [2.05, 4.69) is 69.2 Å². The molecule has 3 nitrogen and oxygen atoms in total. The molecule has 0 spiro atoms. The lowest BCUT2D eigenvalue weighted by Crippen LogP contribution is -2.61. The highest BCUT2D eigenvalue weighted by molar-refractivity contribution is 5.23. The third-order valence-electron chi connectivity index (χ3n) is 4.68. The Balaban J connectivity index is 2.97. The van der Waals surface area contributed by atoms with Crippen molar-refractivity contribution in [3.8, 4) is 0 Å². The summed E-state index contributed by atoms with van der Waals surface area (Å²) >= 11 is 0. The Morgan fingerprint density at radius 2 is 1.90 bits per heavy atom. The van der Waals surface area contributed by atoms with Gasteiger partial charge in [0.1, 0.15) is 0 Å². The van der Waals surface area contributed by atoms with Gasteiger partial charge in [-0.3, -0.25) is 16.2 Å². The first kappa shape index (κ1) is 17.2. The monoisotopic (exact) mass is 277 g/mol. The minimum atomic E-state index is 0.0714. The molecule has 2 unspecified atom stereocenters. The van der Waals surface area contributed by atoms with Gasteiger partial charge in [-0.15, -0.1) is 0 Å². The van der Waals surface area contributed by atoms with Crippen LogP contribution in [0.2, 0.25) is 0 Å². The predicted octanol–water partition coefficient (Wildman–Crippen LogP) is 2.88. The molecule has 0 amide bonds. The van der Waals surface area contributed by atoms with E-state index in [0.29, 0.717) is 0 Å². The van der Waals surface area contributed by atoms with Crippen LogP contribution in [0, 0.1) is 6.92 Å². The van der Waals surface area contributed by atoms with Crippen molar-refractivity contribution in [3.05, 3.63) is 35.4 Å². The van der Waals surface area contributed by atoms with Gasteiger partial charge in [0.05, 0.1) is 0 Å². The number of benzene rings is 1. The Bertz CT molecular complexity index is 401. The molecule has 0 bridgehead atoms. The van der Waals surface area contributed by atoms with Crippen molar-refractivity contribution in [2.24, 2.45) is 5.84 Å². The number of hydrogen-bond donors (Lipinski definition) is 2. The maximum atomic E-state index is 5.89. The Hall–Kier alpha value is -0.900. The molecular weight excluding hydrogens is 246 g/mol. The normalized spacial score (nSPS) is 16.1. The fraction of sp³-hybridized carbons (Fsp3) is 0.647. The Morgan fingerprint density at radius 3 is 2.35 bits per heavy atom. The minimum Gasteiger partial charge on any atom is -0.297 e. The van der Waals surface area contributed by atoms with Crippen molar-refractivity contribution >= 4 is 0 Å². The van der Waals surface area contributed by atoms with Crippen molar-refractivity contribution in [3.63, 3.8) is 0 Å². The largest absolute Gasteiger partial charge is 0.297 e. The topological polar surface area (TPSA) is 41.3 Å². The maximum absolute atomic E-state index is 5.89. The lowest BCUT2D eigenvalue weighted by molar-refractivity contribution is 0.0701. The summed E-state index contributed by atoms with van der Waals surface area (Å²) < 4.78 is 0. The second kappa shape index (κ2) is 7.77. The molecule has 3 heteroatoms. The average Bonchev–Trinajstić information content (AvgIpc) is 2.45. The second-order valence-corrected chi connectivity index (χ2v) is 5.80. The zero-order valence-electron chi connectivity index (χ0n) is 13.7. The van der Waals surface area contributed by atoms with Crippen LogP contribution in [0.25, 0.3) is 0 Å². The third-order valence-corrected chi connectivity index (χ3v) is 4.68. The van der Waals surface area contributed by atoms with E-state index in [1.807, 2.05) is 0 Å². The van der Waals surface area contributed by atoms with Gasteiger partial charge in [0.2, 0.25) is 0 Å². The van der Waals surface area contributed by atoms with Gasteiger partial charge in [-0.2, -0.15) is 0 Å². The molecule has 1 rings (SSSR count). The van der Waals surface area contributed by atoms with Crippen molar-refractivity contribution < 1.29 is 0 Å². The van der Waals surface area contributed by atoms with Crippen LogP contribution in [0.3, 0.4) is 0 Å². The summed E-state index contributed by atoms with van der Waals surface area (Å²) in [6, 6.07) is 8.95. The summed E-state index contributed by atoms with van der Waals surface area (Å²) in [5, 5.41) is 0. The Kier molecular flexibility index (Phi) is 6.66. The van der Waals surface area contributed by atoms with E-state index in [-0.39, 0.29) is 11.6 Å². The number of nitrogens with one attached hydrogen (secondary N) is 1. The van der Waals surface area contributed by atoms with Crippen LogP contribution in [-0.2, 0) is 6.42 Å². The zero-order chi connectivity index (χ0) is 15.2. The molecule has 0 aliphatic carbocycles. The number of nitrogens with two attached hydrogens (primary N) is 1. The summed E-state index contributed by atoms with van der Waals surface area (Å²) in [6.07, 6.45) is 2.04. The summed E-state index contributed by atoms with van der Waals surface area (Å²) in [4.78, 5) is 2.51. The van der Waals surface area contributed by atoms with E-state index in [1.54, 1.807) is 0 Å². The predicted molar refractivity (Wildman–Crippen MR) is 87.6 cm³/mol. The van der Waals surface area contributed by atoms with Crippen molar-refractivity contribution in [1.82, 2.24) is 10.3 Å². The van der Waals surface area contributed by atoms with Crippen LogP contribution >= 0.6 is 0 Å². The number of nitrogens with zero attached hydrogens (tertiary/aromatic N) is 1. The van der Waals surface area contributed by atoms with Gasteiger partial charge in [-0.05, 0) is 45.3 Å². The van der Waals surface area contributed by atoms with Gasteiger partial charge in [-0.25, -0.2) is 0 Å². The molecule has 0 aromatic heterocycles. The summed E-state index contributed by atoms with van der Waals surface area (Å²) in [5.74, 6) is 5.89. The van der Waals surface area contributed by atoms with E-state index in [9.17, 15) is 0 Å². The molecule has 0 saturated heterocycles. The summed E-state index contributed by atoms with van der Waals surface area (Å²) in [7, 11) is 0. The molecule has 0 aliphatic rings. The van der Waals surface area contributed by atoms with Crippen LogP contribution in [-0.4, -0.2) is 29.6 Å². The van der Waals surface area contributed by atoms with E-state index in [0.717, 1.165) is 25.9 Å². The lowest BCUT2D eigenvalue weighted by atomic mass is 9.83. The van der Waals surface area contributed by atoms with E-state index in [4.69, 9.17) is 5.84 Å². The fourth-order valence-electron chi connectivity index (χ4n) is 3.17. The van der Waals surface area contributed by atoms with Crippen LogP contribution in [0.4, 0.5) is 0 Å². The molecule has 0 heterocycles. The first-order valence-corrected chi connectivity index (χ1v) is 7.78. The fourth-order valence-corrected chi connectivity index (χ4v) is 3.17. The van der Waals surface area contributed by atoms with Gasteiger partial charge in [0, 0.05) is 11.6 Å². The van der Waals surface area contributed by atoms with E-state index >= 15 is 0 Å². The van der Waals surface area contributed by atoms with Crippen molar-refractivity contribution in [2.75, 3.05) is 13.1 Å². The highest BCUT2D eigenvalue weighted by Gasteiger charge is 2.36. The van der Waals surface area contributed by atoms with Gasteiger partial charge < -0.3 is 0 Å². The van der Waals surface area contributed by atoms with Crippen LogP contribution in [0.1, 0.15) is 45.2 Å². The number of aryl methyl sites for hydroxylation is 1. The number of hydrazine groups is 1. The van der Waals surface area contributed by atoms with E-state index in [1.165, 1.54) is 11.1 Å². The molecule has 114 valence electrons. The molecule has 0 radical (unpaired) electrons.